The van der Waals surface area contributed by atoms with E-state index in [-0.39, 0.29) is 0 Å². The Morgan fingerprint density at radius 2 is 1.29 bits per heavy atom. The first-order valence-corrected chi connectivity index (χ1v) is 10.3. The van der Waals surface area contributed by atoms with E-state index in [2.05, 4.69) is 115 Å². The summed E-state index contributed by atoms with van der Waals surface area (Å²) in [6, 6.07) is 36.7. The summed E-state index contributed by atoms with van der Waals surface area (Å²) in [6.45, 7) is 0. The fraction of sp³-hybridized carbons (Fsp3) is 0.0385. The summed E-state index contributed by atoms with van der Waals surface area (Å²) < 4.78 is 2.31. The summed E-state index contributed by atoms with van der Waals surface area (Å²) in [5.41, 5.74) is 6.29. The molecule has 5 rings (SSSR count). The van der Waals surface area contributed by atoms with E-state index in [1.165, 1.54) is 43.0 Å². The van der Waals surface area contributed by atoms with Crippen LogP contribution in [0.3, 0.4) is 0 Å². The van der Waals surface area contributed by atoms with E-state index in [0.29, 0.717) is 0 Å². The molecule has 134 valence electrons. The lowest BCUT2D eigenvalue weighted by Gasteiger charge is -2.05. The van der Waals surface area contributed by atoms with Gasteiger partial charge in [-0.3, -0.25) is 0 Å². The molecule has 2 heterocycles. The van der Waals surface area contributed by atoms with Crippen LogP contribution in [-0.2, 0) is 7.05 Å². The third-order valence-electron chi connectivity index (χ3n) is 5.19. The average Bonchev–Trinajstić information content (AvgIpc) is 3.21. The second-order valence-electron chi connectivity index (χ2n) is 6.92. The minimum Gasteiger partial charge on any atom is -0.193 e. The molecule has 0 aliphatic rings. The fourth-order valence-electron chi connectivity index (χ4n) is 3.73. The highest BCUT2D eigenvalue weighted by atomic mass is 32.1. The molecule has 0 amide bonds. The molecule has 0 saturated heterocycles. The first-order valence-electron chi connectivity index (χ1n) is 9.44. The highest BCUT2D eigenvalue weighted by Gasteiger charge is 2.21. The smallest absolute Gasteiger partial charge is 0.193 e. The SMILES string of the molecule is C[n+]1c(-c2sc(-c3ccccc3)cc2-c2ccccc2)ccc2ccccc21. The van der Waals surface area contributed by atoms with Gasteiger partial charge in [0.1, 0.15) is 11.9 Å². The fourth-order valence-corrected chi connectivity index (χ4v) is 4.98. The minimum absolute atomic E-state index is 1.24. The molecule has 0 fully saturated rings. The summed E-state index contributed by atoms with van der Waals surface area (Å²) >= 11 is 1.86. The number of hydrogen-bond donors (Lipinski definition) is 0. The molecule has 28 heavy (non-hydrogen) atoms. The van der Waals surface area contributed by atoms with Crippen LogP contribution < -0.4 is 4.57 Å². The summed E-state index contributed by atoms with van der Waals surface area (Å²) in [5, 5.41) is 1.26. The summed E-state index contributed by atoms with van der Waals surface area (Å²) in [4.78, 5) is 2.60. The van der Waals surface area contributed by atoms with E-state index in [4.69, 9.17) is 0 Å². The van der Waals surface area contributed by atoms with E-state index >= 15 is 0 Å². The zero-order chi connectivity index (χ0) is 18.9. The molecule has 1 nitrogen and oxygen atoms in total. The normalized spacial score (nSPS) is 11.0. The van der Waals surface area contributed by atoms with Crippen molar-refractivity contribution in [3.63, 3.8) is 0 Å². The molecule has 0 saturated carbocycles. The number of fused-ring (bicyclic) bond motifs is 1. The van der Waals surface area contributed by atoms with Crippen LogP contribution in [-0.4, -0.2) is 0 Å². The highest BCUT2D eigenvalue weighted by Crippen LogP contribution is 2.42. The Labute approximate surface area is 169 Å². The van der Waals surface area contributed by atoms with Crippen LogP contribution in [0.15, 0.2) is 103 Å². The number of benzene rings is 3. The van der Waals surface area contributed by atoms with Crippen molar-refractivity contribution in [3.8, 4) is 32.1 Å². The van der Waals surface area contributed by atoms with Crippen LogP contribution in [0.25, 0.3) is 43.0 Å². The maximum Gasteiger partial charge on any atom is 0.223 e. The molecule has 0 N–H and O–H groups in total. The van der Waals surface area contributed by atoms with Gasteiger partial charge in [-0.2, -0.15) is 4.57 Å². The Balaban J connectivity index is 1.77. The lowest BCUT2D eigenvalue weighted by molar-refractivity contribution is -0.633. The molecule has 3 aromatic carbocycles. The van der Waals surface area contributed by atoms with E-state index in [9.17, 15) is 0 Å². The number of pyridine rings is 1. The van der Waals surface area contributed by atoms with Gasteiger partial charge in [-0.1, -0.05) is 72.8 Å². The van der Waals surface area contributed by atoms with Crippen LogP contribution in [0.4, 0.5) is 0 Å². The van der Waals surface area contributed by atoms with Crippen LogP contribution in [0.2, 0.25) is 0 Å². The Morgan fingerprint density at radius 3 is 2.04 bits per heavy atom. The zero-order valence-corrected chi connectivity index (χ0v) is 16.5. The van der Waals surface area contributed by atoms with Crippen LogP contribution >= 0.6 is 11.3 Å². The topological polar surface area (TPSA) is 3.88 Å². The minimum atomic E-state index is 1.24. The van der Waals surface area contributed by atoms with Crippen LogP contribution in [0.1, 0.15) is 0 Å². The third-order valence-corrected chi connectivity index (χ3v) is 6.39. The number of para-hydroxylation sites is 1. The van der Waals surface area contributed by atoms with Gasteiger partial charge in [-0.05, 0) is 29.3 Å². The van der Waals surface area contributed by atoms with E-state index < -0.39 is 0 Å². The first kappa shape index (κ1) is 16.9. The van der Waals surface area contributed by atoms with E-state index in [1.54, 1.807) is 0 Å². The number of aromatic nitrogens is 1. The van der Waals surface area contributed by atoms with Gasteiger partial charge in [-0.25, -0.2) is 0 Å². The summed E-state index contributed by atoms with van der Waals surface area (Å²) in [7, 11) is 2.16. The molecule has 5 aromatic rings. The number of thiophene rings is 1. The molecule has 0 aliphatic heterocycles. The van der Waals surface area contributed by atoms with Gasteiger partial charge in [0.2, 0.25) is 11.2 Å². The number of rotatable bonds is 3. The molecule has 0 bridgehead atoms. The lowest BCUT2D eigenvalue weighted by atomic mass is 10.0. The van der Waals surface area contributed by atoms with Gasteiger partial charge in [0.25, 0.3) is 0 Å². The summed E-state index contributed by atoms with van der Waals surface area (Å²) in [6.07, 6.45) is 0. The largest absolute Gasteiger partial charge is 0.223 e. The maximum absolute atomic E-state index is 2.33. The van der Waals surface area contributed by atoms with Gasteiger partial charge in [0.05, 0.1) is 0 Å². The molecular formula is C26H20NS+. The Hall–Kier alpha value is -3.23. The van der Waals surface area contributed by atoms with Gasteiger partial charge >= 0.3 is 0 Å². The van der Waals surface area contributed by atoms with Crippen molar-refractivity contribution in [2.45, 2.75) is 0 Å². The maximum atomic E-state index is 2.33. The second kappa shape index (κ2) is 7.06. The Kier molecular flexibility index (Phi) is 4.27. The van der Waals surface area contributed by atoms with Crippen molar-refractivity contribution >= 4 is 22.2 Å². The molecule has 2 aromatic heterocycles. The Morgan fingerprint density at radius 1 is 0.643 bits per heavy atom. The van der Waals surface area contributed by atoms with Gasteiger partial charge in [0, 0.05) is 28.0 Å². The molecule has 2 heteroatoms. The predicted molar refractivity (Wildman–Crippen MR) is 119 cm³/mol. The standard InChI is InChI=1S/C26H20NS/c1-27-23-15-9-8-12-20(23)16-17-24(27)26-22(19-10-4-2-5-11-19)18-25(28-26)21-13-6-3-7-14-21/h2-18H,1H3/q+1. The first-order chi connectivity index (χ1) is 13.8. The third kappa shape index (κ3) is 2.92. The zero-order valence-electron chi connectivity index (χ0n) is 15.7. The molecular weight excluding hydrogens is 358 g/mol. The average molecular weight is 379 g/mol. The van der Waals surface area contributed by atoms with E-state index in [0.717, 1.165) is 0 Å². The van der Waals surface area contributed by atoms with Gasteiger partial charge < -0.3 is 0 Å². The number of aryl methyl sites for hydroxylation is 1. The van der Waals surface area contributed by atoms with Crippen molar-refractivity contribution in [2.24, 2.45) is 7.05 Å². The quantitative estimate of drug-likeness (QED) is 0.307. The van der Waals surface area contributed by atoms with Gasteiger partial charge in [0.15, 0.2) is 0 Å². The molecule has 0 spiro atoms. The molecule has 0 unspecified atom stereocenters. The number of nitrogens with zero attached hydrogens (tertiary/aromatic N) is 1. The molecule has 0 radical (unpaired) electrons. The predicted octanol–water partition coefficient (Wildman–Crippen LogP) is 6.73. The van der Waals surface area contributed by atoms with Crippen LogP contribution in [0.5, 0.6) is 0 Å². The van der Waals surface area contributed by atoms with Crippen molar-refractivity contribution in [3.05, 3.63) is 103 Å². The number of hydrogen-bond acceptors (Lipinski definition) is 1. The monoisotopic (exact) mass is 378 g/mol. The molecule has 0 atom stereocenters. The van der Waals surface area contributed by atoms with Crippen molar-refractivity contribution in [2.75, 3.05) is 0 Å². The lowest BCUT2D eigenvalue weighted by Crippen LogP contribution is -2.31. The van der Waals surface area contributed by atoms with Gasteiger partial charge in [-0.15, -0.1) is 11.3 Å². The van der Waals surface area contributed by atoms with Crippen molar-refractivity contribution < 1.29 is 4.57 Å². The van der Waals surface area contributed by atoms with Crippen molar-refractivity contribution in [1.29, 1.82) is 0 Å². The van der Waals surface area contributed by atoms with Crippen molar-refractivity contribution in [1.82, 2.24) is 0 Å². The molecule has 0 aliphatic carbocycles. The van der Waals surface area contributed by atoms with E-state index in [1.807, 2.05) is 11.3 Å². The highest BCUT2D eigenvalue weighted by molar-refractivity contribution is 7.19. The summed E-state index contributed by atoms with van der Waals surface area (Å²) in [5.74, 6) is 0. The Bertz CT molecular complexity index is 1250. The van der Waals surface area contributed by atoms with Crippen LogP contribution in [0, 0.1) is 0 Å². The second-order valence-corrected chi connectivity index (χ2v) is 7.97.